The Morgan fingerprint density at radius 3 is 2.29 bits per heavy atom. The highest BCUT2D eigenvalue weighted by atomic mass is 16.5. The van der Waals surface area contributed by atoms with Crippen LogP contribution in [0.1, 0.15) is 17.4 Å². The van der Waals surface area contributed by atoms with Crippen molar-refractivity contribution >= 4 is 28.4 Å². The van der Waals surface area contributed by atoms with Gasteiger partial charge in [0.25, 0.3) is 5.56 Å². The van der Waals surface area contributed by atoms with Crippen molar-refractivity contribution in [3.05, 3.63) is 52.4 Å². The molecule has 9 nitrogen and oxygen atoms in total. The maximum Gasteiger partial charge on any atom is 0.362 e. The standard InChI is InChI=1S/C12H12N2O4.C7H10N2O/c1-3-18-12(16)10-11(15)14-9-6-7(17-2)4-5-8(9)13-10;1-10-5-2-3-6(8)7(9)4-5/h4-6H,3H2,1-2H3,(H,14,15);2-4H,8-9H2,1H3. The first-order valence-corrected chi connectivity index (χ1v) is 8.33. The monoisotopic (exact) mass is 386 g/mol. The smallest absolute Gasteiger partial charge is 0.362 e. The Labute approximate surface area is 161 Å². The Morgan fingerprint density at radius 1 is 1.04 bits per heavy atom. The fourth-order valence-corrected chi connectivity index (χ4v) is 2.21. The number of ether oxygens (including phenoxy) is 3. The van der Waals surface area contributed by atoms with Gasteiger partial charge in [0.1, 0.15) is 11.5 Å². The molecule has 0 bridgehead atoms. The van der Waals surface area contributed by atoms with E-state index in [2.05, 4.69) is 9.97 Å². The van der Waals surface area contributed by atoms with Crippen molar-refractivity contribution in [3.63, 3.8) is 0 Å². The van der Waals surface area contributed by atoms with Crippen molar-refractivity contribution in [2.75, 3.05) is 32.3 Å². The van der Waals surface area contributed by atoms with Gasteiger partial charge in [0.15, 0.2) is 0 Å². The van der Waals surface area contributed by atoms with Crippen LogP contribution in [0.15, 0.2) is 41.2 Å². The molecule has 0 aliphatic carbocycles. The van der Waals surface area contributed by atoms with Crippen LogP contribution < -0.4 is 26.5 Å². The Kier molecular flexibility index (Phi) is 6.80. The van der Waals surface area contributed by atoms with E-state index in [4.69, 9.17) is 25.7 Å². The van der Waals surface area contributed by atoms with E-state index in [9.17, 15) is 9.59 Å². The molecule has 28 heavy (non-hydrogen) atoms. The third-order valence-electron chi connectivity index (χ3n) is 3.66. The van der Waals surface area contributed by atoms with E-state index < -0.39 is 11.5 Å². The molecule has 9 heteroatoms. The Balaban J connectivity index is 0.000000237. The molecule has 0 saturated heterocycles. The quantitative estimate of drug-likeness (QED) is 0.456. The molecule has 0 aliphatic rings. The molecule has 0 aliphatic heterocycles. The van der Waals surface area contributed by atoms with Gasteiger partial charge in [-0.1, -0.05) is 0 Å². The predicted octanol–water partition coefficient (Wildman–Crippen LogP) is 1.97. The predicted molar refractivity (Wildman–Crippen MR) is 107 cm³/mol. The maximum absolute atomic E-state index is 11.7. The van der Waals surface area contributed by atoms with E-state index in [-0.39, 0.29) is 12.3 Å². The number of hydrogen-bond donors (Lipinski definition) is 3. The van der Waals surface area contributed by atoms with Crippen molar-refractivity contribution in [2.45, 2.75) is 6.92 Å². The third-order valence-corrected chi connectivity index (χ3v) is 3.66. The molecule has 5 N–H and O–H groups in total. The Hall–Kier alpha value is -3.75. The number of H-pyrrole nitrogens is 1. The lowest BCUT2D eigenvalue weighted by molar-refractivity contribution is 0.0517. The van der Waals surface area contributed by atoms with Crippen molar-refractivity contribution in [1.29, 1.82) is 0 Å². The number of aromatic amines is 1. The number of carbonyl (C=O) groups is 1. The fourth-order valence-electron chi connectivity index (χ4n) is 2.21. The summed E-state index contributed by atoms with van der Waals surface area (Å²) in [5.41, 5.74) is 12.3. The van der Waals surface area contributed by atoms with Gasteiger partial charge in [-0.05, 0) is 31.2 Å². The molecular formula is C19H22N4O5. The van der Waals surface area contributed by atoms with Crippen molar-refractivity contribution in [3.8, 4) is 11.5 Å². The van der Waals surface area contributed by atoms with E-state index in [1.165, 1.54) is 7.11 Å². The fraction of sp³-hybridized carbons (Fsp3) is 0.211. The number of methoxy groups -OCH3 is 2. The minimum atomic E-state index is -0.725. The van der Waals surface area contributed by atoms with Crippen LogP contribution >= 0.6 is 0 Å². The van der Waals surface area contributed by atoms with Gasteiger partial charge in [-0.15, -0.1) is 0 Å². The van der Waals surface area contributed by atoms with Crippen molar-refractivity contribution in [2.24, 2.45) is 0 Å². The molecule has 3 aromatic rings. The summed E-state index contributed by atoms with van der Waals surface area (Å²) in [6.07, 6.45) is 0. The number of hydrogen-bond acceptors (Lipinski definition) is 8. The molecule has 0 atom stereocenters. The summed E-state index contributed by atoms with van der Waals surface area (Å²) in [5.74, 6) is 0.604. The molecule has 3 rings (SSSR count). The molecule has 148 valence electrons. The number of anilines is 2. The van der Waals surface area contributed by atoms with Crippen LogP contribution in [0.25, 0.3) is 11.0 Å². The van der Waals surface area contributed by atoms with Gasteiger partial charge in [-0.25, -0.2) is 9.78 Å². The van der Waals surface area contributed by atoms with Gasteiger partial charge < -0.3 is 30.7 Å². The number of esters is 1. The third kappa shape index (κ3) is 4.91. The van der Waals surface area contributed by atoms with Crippen LogP contribution in [0.4, 0.5) is 11.4 Å². The minimum Gasteiger partial charge on any atom is -0.497 e. The van der Waals surface area contributed by atoms with E-state index >= 15 is 0 Å². The zero-order chi connectivity index (χ0) is 20.7. The van der Waals surface area contributed by atoms with Gasteiger partial charge in [0.2, 0.25) is 5.69 Å². The molecule has 0 amide bonds. The SMILES string of the molecule is CCOC(=O)c1nc2ccc(OC)cc2[nH]c1=O.COc1ccc(N)c(N)c1. The molecule has 0 saturated carbocycles. The van der Waals surface area contributed by atoms with Gasteiger partial charge >= 0.3 is 5.97 Å². The van der Waals surface area contributed by atoms with Crippen molar-refractivity contribution in [1.82, 2.24) is 9.97 Å². The normalized spacial score (nSPS) is 9.96. The topological polar surface area (TPSA) is 143 Å². The van der Waals surface area contributed by atoms with Crippen LogP contribution in [0.2, 0.25) is 0 Å². The second kappa shape index (κ2) is 9.26. The average Bonchev–Trinajstić information content (AvgIpc) is 2.69. The molecule has 2 aromatic carbocycles. The number of fused-ring (bicyclic) bond motifs is 1. The van der Waals surface area contributed by atoms with Crippen molar-refractivity contribution < 1.29 is 19.0 Å². The summed E-state index contributed by atoms with van der Waals surface area (Å²) in [6, 6.07) is 10.2. The van der Waals surface area contributed by atoms with E-state index in [0.717, 1.165) is 5.75 Å². The number of benzene rings is 2. The molecule has 0 unspecified atom stereocenters. The number of nitrogens with two attached hydrogens (primary N) is 2. The largest absolute Gasteiger partial charge is 0.497 e. The molecule has 1 heterocycles. The van der Waals surface area contributed by atoms with Crippen LogP contribution in [-0.4, -0.2) is 36.8 Å². The molecule has 0 spiro atoms. The summed E-state index contributed by atoms with van der Waals surface area (Å²) < 4.78 is 14.7. The number of nitrogens with zero attached hydrogens (tertiary/aromatic N) is 1. The first kappa shape index (κ1) is 20.6. The van der Waals surface area contributed by atoms with Crippen LogP contribution in [0.3, 0.4) is 0 Å². The first-order chi connectivity index (χ1) is 13.4. The lowest BCUT2D eigenvalue weighted by Gasteiger charge is -2.04. The zero-order valence-electron chi connectivity index (χ0n) is 15.8. The van der Waals surface area contributed by atoms with Crippen LogP contribution in [-0.2, 0) is 4.74 Å². The molecular weight excluding hydrogens is 364 g/mol. The number of rotatable bonds is 4. The van der Waals surface area contributed by atoms with E-state index in [1.54, 1.807) is 50.4 Å². The summed E-state index contributed by atoms with van der Waals surface area (Å²) >= 11 is 0. The zero-order valence-corrected chi connectivity index (χ0v) is 15.8. The molecule has 1 aromatic heterocycles. The second-order valence-corrected chi connectivity index (χ2v) is 5.51. The number of aromatic nitrogens is 2. The lowest BCUT2D eigenvalue weighted by atomic mass is 10.2. The molecule has 0 radical (unpaired) electrons. The van der Waals surface area contributed by atoms with Gasteiger partial charge in [-0.2, -0.15) is 0 Å². The first-order valence-electron chi connectivity index (χ1n) is 8.33. The highest BCUT2D eigenvalue weighted by Crippen LogP contribution is 2.20. The summed E-state index contributed by atoms with van der Waals surface area (Å²) in [5, 5.41) is 0. The summed E-state index contributed by atoms with van der Waals surface area (Å²) in [7, 11) is 3.12. The Morgan fingerprint density at radius 2 is 1.68 bits per heavy atom. The maximum atomic E-state index is 11.7. The summed E-state index contributed by atoms with van der Waals surface area (Å²) in [4.78, 5) is 29.8. The second-order valence-electron chi connectivity index (χ2n) is 5.51. The van der Waals surface area contributed by atoms with E-state index in [0.29, 0.717) is 28.2 Å². The lowest BCUT2D eigenvalue weighted by Crippen LogP contribution is -2.22. The molecule has 0 fully saturated rings. The van der Waals surface area contributed by atoms with Crippen LogP contribution in [0, 0.1) is 0 Å². The van der Waals surface area contributed by atoms with Gasteiger partial charge in [0, 0.05) is 12.1 Å². The van der Waals surface area contributed by atoms with E-state index in [1.807, 2.05) is 0 Å². The number of nitrogen functional groups attached to an aromatic ring is 2. The minimum absolute atomic E-state index is 0.195. The van der Waals surface area contributed by atoms with Gasteiger partial charge in [0.05, 0.1) is 43.2 Å². The van der Waals surface area contributed by atoms with Gasteiger partial charge in [-0.3, -0.25) is 4.79 Å². The number of nitrogens with one attached hydrogen (secondary N) is 1. The van der Waals surface area contributed by atoms with Crippen LogP contribution in [0.5, 0.6) is 11.5 Å². The summed E-state index contributed by atoms with van der Waals surface area (Å²) in [6.45, 7) is 1.86. The number of carbonyl (C=O) groups excluding carboxylic acids is 1. The Bertz CT molecular complexity index is 1030. The highest BCUT2D eigenvalue weighted by molar-refractivity contribution is 5.89. The highest BCUT2D eigenvalue weighted by Gasteiger charge is 2.14. The average molecular weight is 386 g/mol.